The fourth-order valence-corrected chi connectivity index (χ4v) is 1.19. The van der Waals surface area contributed by atoms with Crippen LogP contribution in [0.4, 0.5) is 11.6 Å². The largest absolute Gasteiger partial charge is 0.372 e. The van der Waals surface area contributed by atoms with Crippen molar-refractivity contribution in [2.24, 2.45) is 0 Å². The Labute approximate surface area is 91.7 Å². The van der Waals surface area contributed by atoms with Gasteiger partial charge in [-0.25, -0.2) is 4.98 Å². The van der Waals surface area contributed by atoms with E-state index in [0.717, 1.165) is 18.1 Å². The Bertz CT molecular complexity index is 322. The summed E-state index contributed by atoms with van der Waals surface area (Å²) in [6, 6.07) is 0. The normalized spacial score (nSPS) is 11.3. The van der Waals surface area contributed by atoms with Crippen LogP contribution >= 0.6 is 0 Å². The molecule has 4 nitrogen and oxygen atoms in total. The lowest BCUT2D eigenvalue weighted by molar-refractivity contribution is 0.467. The maximum Gasteiger partial charge on any atom is 0.149 e. The summed E-state index contributed by atoms with van der Waals surface area (Å²) in [4.78, 5) is 10.8. The van der Waals surface area contributed by atoms with Crippen molar-refractivity contribution in [3.63, 3.8) is 0 Å². The first kappa shape index (κ1) is 11.8. The molecule has 0 aromatic carbocycles. The second-order valence-electron chi connectivity index (χ2n) is 4.24. The summed E-state index contributed by atoms with van der Waals surface area (Å²) in [6.07, 6.45) is 4.57. The number of hydrogen-bond donors (Lipinski definition) is 1. The SMILES string of the molecule is CCC(C)(C)N(C)c1cncc(NC)n1. The molecule has 0 atom stereocenters. The number of anilines is 2. The van der Waals surface area contributed by atoms with Gasteiger partial charge in [-0.1, -0.05) is 6.92 Å². The van der Waals surface area contributed by atoms with E-state index in [1.165, 1.54) is 0 Å². The molecule has 0 aliphatic heterocycles. The second kappa shape index (κ2) is 4.47. The lowest BCUT2D eigenvalue weighted by atomic mass is 10.0. The average molecular weight is 208 g/mol. The van der Waals surface area contributed by atoms with Gasteiger partial charge in [-0.2, -0.15) is 0 Å². The zero-order valence-corrected chi connectivity index (χ0v) is 10.2. The van der Waals surface area contributed by atoms with Crippen LogP contribution in [0.1, 0.15) is 27.2 Å². The molecule has 0 saturated heterocycles. The molecule has 84 valence electrons. The van der Waals surface area contributed by atoms with Gasteiger partial charge in [0.2, 0.25) is 0 Å². The number of nitrogens with zero attached hydrogens (tertiary/aromatic N) is 3. The zero-order chi connectivity index (χ0) is 11.5. The number of hydrogen-bond acceptors (Lipinski definition) is 4. The number of rotatable bonds is 4. The molecule has 0 aliphatic rings. The Kier molecular flexibility index (Phi) is 3.50. The molecule has 1 rings (SSSR count). The third kappa shape index (κ3) is 2.58. The van der Waals surface area contributed by atoms with Gasteiger partial charge in [-0.3, -0.25) is 4.98 Å². The first-order valence-corrected chi connectivity index (χ1v) is 5.25. The molecule has 1 N–H and O–H groups in total. The minimum absolute atomic E-state index is 0.0983. The first-order valence-electron chi connectivity index (χ1n) is 5.25. The van der Waals surface area contributed by atoms with E-state index in [4.69, 9.17) is 0 Å². The lowest BCUT2D eigenvalue weighted by Crippen LogP contribution is -2.41. The Morgan fingerprint density at radius 1 is 1.40 bits per heavy atom. The van der Waals surface area contributed by atoms with Gasteiger partial charge in [0.15, 0.2) is 0 Å². The standard InChI is InChI=1S/C11H20N4/c1-6-11(2,3)15(5)10-8-13-7-9(12-4)14-10/h7-8H,6H2,1-5H3,(H,12,14). The fraction of sp³-hybridized carbons (Fsp3) is 0.636. The van der Waals surface area contributed by atoms with Gasteiger partial charge >= 0.3 is 0 Å². The van der Waals surface area contributed by atoms with Gasteiger partial charge in [-0.05, 0) is 20.3 Å². The van der Waals surface area contributed by atoms with E-state index in [1.807, 2.05) is 14.1 Å². The van der Waals surface area contributed by atoms with Crippen LogP contribution in [0.15, 0.2) is 12.4 Å². The van der Waals surface area contributed by atoms with E-state index in [9.17, 15) is 0 Å². The summed E-state index contributed by atoms with van der Waals surface area (Å²) in [5.74, 6) is 1.69. The van der Waals surface area contributed by atoms with E-state index in [0.29, 0.717) is 0 Å². The van der Waals surface area contributed by atoms with Crippen LogP contribution in [0, 0.1) is 0 Å². The van der Waals surface area contributed by atoms with Gasteiger partial charge in [-0.15, -0.1) is 0 Å². The van der Waals surface area contributed by atoms with Crippen molar-refractivity contribution in [3.05, 3.63) is 12.4 Å². The minimum Gasteiger partial charge on any atom is -0.372 e. The number of nitrogens with one attached hydrogen (secondary N) is 1. The number of aromatic nitrogens is 2. The molecule has 1 aromatic rings. The summed E-state index contributed by atoms with van der Waals surface area (Å²) < 4.78 is 0. The molecule has 4 heteroatoms. The topological polar surface area (TPSA) is 41.1 Å². The van der Waals surface area contributed by atoms with Crippen LogP contribution in [0.5, 0.6) is 0 Å². The van der Waals surface area contributed by atoms with E-state index in [-0.39, 0.29) is 5.54 Å². The molecule has 15 heavy (non-hydrogen) atoms. The van der Waals surface area contributed by atoms with Crippen LogP contribution in [-0.4, -0.2) is 29.6 Å². The molecule has 0 amide bonds. The van der Waals surface area contributed by atoms with Crippen LogP contribution < -0.4 is 10.2 Å². The summed E-state index contributed by atoms with van der Waals surface area (Å²) in [5, 5.41) is 2.99. The van der Waals surface area contributed by atoms with Gasteiger partial charge in [0.05, 0.1) is 12.4 Å². The maximum absolute atomic E-state index is 4.46. The molecule has 1 aromatic heterocycles. The maximum atomic E-state index is 4.46. The monoisotopic (exact) mass is 208 g/mol. The van der Waals surface area contributed by atoms with Crippen LogP contribution in [0.3, 0.4) is 0 Å². The molecule has 0 aliphatic carbocycles. The van der Waals surface area contributed by atoms with Gasteiger partial charge in [0.25, 0.3) is 0 Å². The minimum atomic E-state index is 0.0983. The van der Waals surface area contributed by atoms with Crippen molar-refractivity contribution < 1.29 is 0 Å². The molecule has 0 saturated carbocycles. The molecular weight excluding hydrogens is 188 g/mol. The predicted octanol–water partition coefficient (Wildman–Crippen LogP) is 2.14. The van der Waals surface area contributed by atoms with Crippen molar-refractivity contribution in [2.75, 3.05) is 24.3 Å². The van der Waals surface area contributed by atoms with Gasteiger partial charge in [0, 0.05) is 19.6 Å². The zero-order valence-electron chi connectivity index (χ0n) is 10.2. The van der Waals surface area contributed by atoms with Crippen molar-refractivity contribution >= 4 is 11.6 Å². The molecule has 1 heterocycles. The van der Waals surface area contributed by atoms with Crippen LogP contribution in [0.2, 0.25) is 0 Å². The highest BCUT2D eigenvalue weighted by Gasteiger charge is 2.22. The van der Waals surface area contributed by atoms with Crippen molar-refractivity contribution in [1.29, 1.82) is 0 Å². The van der Waals surface area contributed by atoms with Crippen molar-refractivity contribution in [2.45, 2.75) is 32.7 Å². The van der Waals surface area contributed by atoms with E-state index in [1.54, 1.807) is 12.4 Å². The highest BCUT2D eigenvalue weighted by atomic mass is 15.2. The quantitative estimate of drug-likeness (QED) is 0.823. The Morgan fingerprint density at radius 2 is 2.07 bits per heavy atom. The average Bonchev–Trinajstić information content (AvgIpc) is 2.28. The van der Waals surface area contributed by atoms with Crippen LogP contribution in [-0.2, 0) is 0 Å². The van der Waals surface area contributed by atoms with Gasteiger partial charge < -0.3 is 10.2 Å². The molecular formula is C11H20N4. The van der Waals surface area contributed by atoms with Crippen molar-refractivity contribution in [3.8, 4) is 0 Å². The third-order valence-corrected chi connectivity index (χ3v) is 2.99. The smallest absolute Gasteiger partial charge is 0.149 e. The molecule has 0 spiro atoms. The summed E-state index contributed by atoms with van der Waals surface area (Å²) in [6.45, 7) is 6.56. The Morgan fingerprint density at radius 3 is 2.60 bits per heavy atom. The van der Waals surface area contributed by atoms with Crippen molar-refractivity contribution in [1.82, 2.24) is 9.97 Å². The first-order chi connectivity index (χ1) is 7.01. The second-order valence-corrected chi connectivity index (χ2v) is 4.24. The molecule has 0 bridgehead atoms. The third-order valence-electron chi connectivity index (χ3n) is 2.99. The van der Waals surface area contributed by atoms with Crippen LogP contribution in [0.25, 0.3) is 0 Å². The molecule has 0 radical (unpaired) electrons. The van der Waals surface area contributed by atoms with E-state index >= 15 is 0 Å². The summed E-state index contributed by atoms with van der Waals surface area (Å²) in [5.41, 5.74) is 0.0983. The molecule has 0 unspecified atom stereocenters. The van der Waals surface area contributed by atoms with Gasteiger partial charge in [0.1, 0.15) is 11.6 Å². The van der Waals surface area contributed by atoms with E-state index < -0.39 is 0 Å². The molecule has 0 fully saturated rings. The summed E-state index contributed by atoms with van der Waals surface area (Å²) >= 11 is 0. The van der Waals surface area contributed by atoms with E-state index in [2.05, 4.69) is 41.0 Å². The highest BCUT2D eigenvalue weighted by molar-refractivity contribution is 5.44. The Hall–Kier alpha value is -1.32. The summed E-state index contributed by atoms with van der Waals surface area (Å²) in [7, 11) is 3.89. The fourth-order valence-electron chi connectivity index (χ4n) is 1.19. The highest BCUT2D eigenvalue weighted by Crippen LogP contribution is 2.22. The lowest BCUT2D eigenvalue weighted by Gasteiger charge is -2.35. The predicted molar refractivity (Wildman–Crippen MR) is 64.4 cm³/mol. The Balaban J connectivity index is 2.95.